The molecule has 5 heteroatoms. The number of hydrogen-bond donors (Lipinski definition) is 1. The second kappa shape index (κ2) is 4.98. The zero-order valence-corrected chi connectivity index (χ0v) is 10.8. The second-order valence-electron chi connectivity index (χ2n) is 5.13. The number of aromatic nitrogens is 2. The second-order valence-corrected chi connectivity index (χ2v) is 6.21. The van der Waals surface area contributed by atoms with Crippen molar-refractivity contribution in [3.05, 3.63) is 11.7 Å². The monoisotopic (exact) mass is 253 g/mol. The molecule has 2 fully saturated rings. The van der Waals surface area contributed by atoms with Crippen molar-refractivity contribution in [2.75, 3.05) is 11.5 Å². The Morgan fingerprint density at radius 3 is 2.71 bits per heavy atom. The summed E-state index contributed by atoms with van der Waals surface area (Å²) >= 11 is 1.88. The summed E-state index contributed by atoms with van der Waals surface area (Å²) in [6.07, 6.45) is 6.38. The van der Waals surface area contributed by atoms with Crippen LogP contribution in [0.2, 0.25) is 0 Å². The van der Waals surface area contributed by atoms with E-state index in [1.54, 1.807) is 0 Å². The van der Waals surface area contributed by atoms with Gasteiger partial charge in [0, 0.05) is 23.5 Å². The van der Waals surface area contributed by atoms with Crippen LogP contribution in [0.15, 0.2) is 4.52 Å². The fraction of sp³-hybridized carbons (Fsp3) is 0.833. The highest BCUT2D eigenvalue weighted by Gasteiger charge is 2.32. The van der Waals surface area contributed by atoms with E-state index >= 15 is 0 Å². The van der Waals surface area contributed by atoms with Gasteiger partial charge in [-0.3, -0.25) is 0 Å². The summed E-state index contributed by atoms with van der Waals surface area (Å²) in [5.41, 5.74) is 6.05. The maximum atomic E-state index is 6.05. The van der Waals surface area contributed by atoms with Crippen LogP contribution >= 0.6 is 11.8 Å². The molecule has 1 aliphatic carbocycles. The van der Waals surface area contributed by atoms with Crippen molar-refractivity contribution in [1.29, 1.82) is 0 Å². The maximum absolute atomic E-state index is 6.05. The third kappa shape index (κ3) is 2.36. The van der Waals surface area contributed by atoms with E-state index in [4.69, 9.17) is 10.3 Å². The Labute approximate surface area is 106 Å². The number of rotatable bonds is 2. The lowest BCUT2D eigenvalue weighted by Crippen LogP contribution is -2.26. The van der Waals surface area contributed by atoms with Gasteiger partial charge in [0.2, 0.25) is 5.89 Å². The van der Waals surface area contributed by atoms with Gasteiger partial charge in [0.25, 0.3) is 0 Å². The van der Waals surface area contributed by atoms with E-state index in [1.807, 2.05) is 11.8 Å². The van der Waals surface area contributed by atoms with Gasteiger partial charge in [-0.15, -0.1) is 0 Å². The van der Waals surface area contributed by atoms with Crippen molar-refractivity contribution in [3.63, 3.8) is 0 Å². The third-order valence-electron chi connectivity index (χ3n) is 3.87. The molecule has 1 aromatic rings. The SMILES string of the molecule is NC1CSCC1c1nc(C2CCCCC2)no1. The van der Waals surface area contributed by atoms with Crippen molar-refractivity contribution >= 4 is 11.8 Å². The van der Waals surface area contributed by atoms with Gasteiger partial charge < -0.3 is 10.3 Å². The maximum Gasteiger partial charge on any atom is 0.232 e. The first-order chi connectivity index (χ1) is 8.34. The standard InChI is InChI=1S/C12H19N3OS/c13-10-7-17-6-9(10)12-14-11(15-16-12)8-4-2-1-3-5-8/h8-10H,1-7,13H2. The van der Waals surface area contributed by atoms with Gasteiger partial charge in [-0.2, -0.15) is 16.7 Å². The number of hydrogen-bond acceptors (Lipinski definition) is 5. The van der Waals surface area contributed by atoms with Gasteiger partial charge >= 0.3 is 0 Å². The normalized spacial score (nSPS) is 30.9. The van der Waals surface area contributed by atoms with Crippen LogP contribution in [0.25, 0.3) is 0 Å². The fourth-order valence-corrected chi connectivity index (χ4v) is 4.03. The molecule has 1 saturated heterocycles. The van der Waals surface area contributed by atoms with Gasteiger partial charge in [-0.1, -0.05) is 24.4 Å². The van der Waals surface area contributed by atoms with Crippen LogP contribution in [0.3, 0.4) is 0 Å². The molecule has 2 atom stereocenters. The fourth-order valence-electron chi connectivity index (χ4n) is 2.75. The first-order valence-corrected chi connectivity index (χ1v) is 7.67. The summed E-state index contributed by atoms with van der Waals surface area (Å²) in [5.74, 6) is 4.50. The highest BCUT2D eigenvalue weighted by atomic mass is 32.2. The molecule has 1 saturated carbocycles. The Morgan fingerprint density at radius 2 is 2.00 bits per heavy atom. The molecule has 0 radical (unpaired) electrons. The predicted octanol–water partition coefficient (Wildman–Crippen LogP) is 2.28. The van der Waals surface area contributed by atoms with E-state index in [-0.39, 0.29) is 12.0 Å². The largest absolute Gasteiger partial charge is 0.339 e. The first-order valence-electron chi connectivity index (χ1n) is 6.51. The lowest BCUT2D eigenvalue weighted by molar-refractivity contribution is 0.339. The molecule has 2 heterocycles. The third-order valence-corrected chi connectivity index (χ3v) is 5.08. The van der Waals surface area contributed by atoms with Gasteiger partial charge in [-0.05, 0) is 12.8 Å². The topological polar surface area (TPSA) is 64.9 Å². The van der Waals surface area contributed by atoms with Crippen LogP contribution in [0.1, 0.15) is 55.7 Å². The molecule has 0 amide bonds. The summed E-state index contributed by atoms with van der Waals surface area (Å²) < 4.78 is 5.42. The van der Waals surface area contributed by atoms with Crippen LogP contribution in [-0.2, 0) is 0 Å². The van der Waals surface area contributed by atoms with E-state index in [1.165, 1.54) is 32.1 Å². The smallest absolute Gasteiger partial charge is 0.232 e. The van der Waals surface area contributed by atoms with E-state index in [0.717, 1.165) is 23.2 Å². The molecule has 1 aromatic heterocycles. The van der Waals surface area contributed by atoms with Crippen molar-refractivity contribution in [2.24, 2.45) is 5.73 Å². The molecular formula is C12H19N3OS. The average molecular weight is 253 g/mol. The highest BCUT2D eigenvalue weighted by Crippen LogP contribution is 2.34. The van der Waals surface area contributed by atoms with Crippen LogP contribution < -0.4 is 5.73 Å². The minimum absolute atomic E-state index is 0.180. The number of nitrogens with two attached hydrogens (primary N) is 1. The average Bonchev–Trinajstić information content (AvgIpc) is 2.98. The molecule has 0 aromatic carbocycles. The number of nitrogens with zero attached hydrogens (tertiary/aromatic N) is 2. The van der Waals surface area contributed by atoms with Crippen LogP contribution in [0.4, 0.5) is 0 Å². The van der Waals surface area contributed by atoms with E-state index in [0.29, 0.717) is 5.92 Å². The Bertz CT molecular complexity index is 376. The zero-order chi connectivity index (χ0) is 11.7. The lowest BCUT2D eigenvalue weighted by Gasteiger charge is -2.17. The molecule has 2 unspecified atom stereocenters. The molecule has 0 spiro atoms. The molecule has 3 rings (SSSR count). The molecule has 0 bridgehead atoms. The van der Waals surface area contributed by atoms with Crippen molar-refractivity contribution < 1.29 is 4.52 Å². The van der Waals surface area contributed by atoms with Crippen LogP contribution in [0, 0.1) is 0 Å². The van der Waals surface area contributed by atoms with E-state index in [9.17, 15) is 0 Å². The summed E-state index contributed by atoms with van der Waals surface area (Å²) in [6.45, 7) is 0. The summed E-state index contributed by atoms with van der Waals surface area (Å²) in [6, 6.07) is 0.180. The van der Waals surface area contributed by atoms with Gasteiger partial charge in [0.15, 0.2) is 5.82 Å². The minimum atomic E-state index is 0.180. The van der Waals surface area contributed by atoms with Crippen LogP contribution in [-0.4, -0.2) is 27.7 Å². The Kier molecular flexibility index (Phi) is 3.38. The molecule has 17 heavy (non-hydrogen) atoms. The molecule has 2 aliphatic rings. The van der Waals surface area contributed by atoms with Gasteiger partial charge in [0.1, 0.15) is 0 Å². The summed E-state index contributed by atoms with van der Waals surface area (Å²) in [7, 11) is 0. The molecule has 4 nitrogen and oxygen atoms in total. The van der Waals surface area contributed by atoms with Crippen molar-refractivity contribution in [1.82, 2.24) is 10.1 Å². The Hall–Kier alpha value is -0.550. The number of thioether (sulfide) groups is 1. The molecule has 94 valence electrons. The summed E-state index contributed by atoms with van der Waals surface area (Å²) in [4.78, 5) is 4.60. The predicted molar refractivity (Wildman–Crippen MR) is 68.2 cm³/mol. The molecular weight excluding hydrogens is 234 g/mol. The Morgan fingerprint density at radius 1 is 1.18 bits per heavy atom. The van der Waals surface area contributed by atoms with Gasteiger partial charge in [0.05, 0.1) is 5.92 Å². The van der Waals surface area contributed by atoms with Gasteiger partial charge in [-0.25, -0.2) is 0 Å². The van der Waals surface area contributed by atoms with Crippen LogP contribution in [0.5, 0.6) is 0 Å². The quantitative estimate of drug-likeness (QED) is 0.876. The first kappa shape index (κ1) is 11.5. The van der Waals surface area contributed by atoms with Crippen molar-refractivity contribution in [3.8, 4) is 0 Å². The summed E-state index contributed by atoms with van der Waals surface area (Å²) in [5, 5.41) is 4.17. The lowest BCUT2D eigenvalue weighted by atomic mass is 9.89. The van der Waals surface area contributed by atoms with E-state index in [2.05, 4.69) is 10.1 Å². The van der Waals surface area contributed by atoms with Crippen molar-refractivity contribution in [2.45, 2.75) is 50.0 Å². The Balaban J connectivity index is 1.73. The molecule has 1 aliphatic heterocycles. The highest BCUT2D eigenvalue weighted by molar-refractivity contribution is 7.99. The zero-order valence-electron chi connectivity index (χ0n) is 9.97. The minimum Gasteiger partial charge on any atom is -0.339 e. The van der Waals surface area contributed by atoms with E-state index < -0.39 is 0 Å². The molecule has 2 N–H and O–H groups in total.